The minimum atomic E-state index is 0. The Morgan fingerprint density at radius 3 is 2.44 bits per heavy atom. The lowest BCUT2D eigenvalue weighted by molar-refractivity contribution is -0.127. The topological polar surface area (TPSA) is 72.9 Å². The molecule has 2 aromatic rings. The third-order valence-corrected chi connectivity index (χ3v) is 6.59. The van der Waals surface area contributed by atoms with Crippen molar-refractivity contribution < 1.29 is 4.79 Å². The van der Waals surface area contributed by atoms with Crippen LogP contribution in [0.3, 0.4) is 0 Å². The van der Waals surface area contributed by atoms with Crippen molar-refractivity contribution in [2.75, 3.05) is 38.6 Å². The van der Waals surface area contributed by atoms with E-state index in [-0.39, 0.29) is 36.4 Å². The fraction of sp³-hybridized carbons (Fsp3) is 0.500. The van der Waals surface area contributed by atoms with Crippen molar-refractivity contribution in [3.05, 3.63) is 59.3 Å². The smallest absolute Gasteiger partial charge is 0.243 e. The number of anilines is 1. The van der Waals surface area contributed by atoms with Gasteiger partial charge in [-0.05, 0) is 62.3 Å². The number of piperidine rings is 1. The molecule has 2 N–H and O–H groups in total. The highest BCUT2D eigenvalue weighted by molar-refractivity contribution is 14.0. The number of carbonyl (C=O) groups is 1. The number of nitrogens with one attached hydrogen (secondary N) is 2. The number of benzene rings is 1. The van der Waals surface area contributed by atoms with Gasteiger partial charge in [-0.15, -0.1) is 24.0 Å². The molecule has 1 unspecified atom stereocenters. The summed E-state index contributed by atoms with van der Waals surface area (Å²) < 4.78 is 0. The Morgan fingerprint density at radius 1 is 1.03 bits per heavy atom. The van der Waals surface area contributed by atoms with Crippen LogP contribution in [0.15, 0.2) is 47.5 Å². The molecule has 8 heteroatoms. The Morgan fingerprint density at radius 2 is 1.74 bits per heavy atom. The number of rotatable bonds is 5. The number of pyridine rings is 1. The first-order valence-electron chi connectivity index (χ1n) is 12.0. The number of carbonyl (C=O) groups excluding carboxylic acids is 1. The van der Waals surface area contributed by atoms with Crippen LogP contribution in [0, 0.1) is 6.92 Å². The summed E-state index contributed by atoms with van der Waals surface area (Å²) in [6.45, 7) is 4.09. The summed E-state index contributed by atoms with van der Waals surface area (Å²) >= 11 is 0. The molecule has 1 saturated heterocycles. The van der Waals surface area contributed by atoms with Gasteiger partial charge in [0.2, 0.25) is 5.91 Å². The number of aromatic nitrogens is 1. The summed E-state index contributed by atoms with van der Waals surface area (Å²) in [6.07, 6.45) is 5.13. The van der Waals surface area contributed by atoms with E-state index in [1.54, 1.807) is 19.0 Å². The third kappa shape index (κ3) is 7.07. The van der Waals surface area contributed by atoms with Crippen molar-refractivity contribution >= 4 is 41.7 Å². The van der Waals surface area contributed by atoms with Crippen LogP contribution in [0.5, 0.6) is 0 Å². The molecular formula is C26H37IN6O. The van der Waals surface area contributed by atoms with E-state index < -0.39 is 0 Å². The molecule has 1 aromatic carbocycles. The molecule has 4 rings (SSSR count). The molecule has 1 aliphatic carbocycles. The monoisotopic (exact) mass is 576 g/mol. The van der Waals surface area contributed by atoms with E-state index in [4.69, 9.17) is 0 Å². The standard InChI is InChI=1S/C26H36N6O.HI/c1-19-7-6-10-24(28-19)32-15-13-22(14-16-32)29-26(27-18-25(33)31(2)3)30-23-12-11-20-8-4-5-9-21(20)17-23;/h4-10,22-23H,11-18H2,1-3H3,(H2,27,29,30);1H. The number of likely N-dealkylation sites (N-methyl/N-ethyl adjacent to an activating group) is 1. The lowest BCUT2D eigenvalue weighted by atomic mass is 9.88. The lowest BCUT2D eigenvalue weighted by Crippen LogP contribution is -2.52. The highest BCUT2D eigenvalue weighted by Crippen LogP contribution is 2.21. The molecule has 0 spiro atoms. The Bertz CT molecular complexity index is 987. The van der Waals surface area contributed by atoms with Crippen molar-refractivity contribution in [3.63, 3.8) is 0 Å². The Hall–Kier alpha value is -2.36. The second-order valence-corrected chi connectivity index (χ2v) is 9.35. The van der Waals surface area contributed by atoms with Gasteiger partial charge >= 0.3 is 0 Å². The lowest BCUT2D eigenvalue weighted by Gasteiger charge is -2.35. The summed E-state index contributed by atoms with van der Waals surface area (Å²) in [5.74, 6) is 1.81. The van der Waals surface area contributed by atoms with Crippen LogP contribution in [-0.4, -0.2) is 67.6 Å². The molecule has 1 aliphatic heterocycles. The minimum absolute atomic E-state index is 0. The molecule has 0 saturated carbocycles. The highest BCUT2D eigenvalue weighted by Gasteiger charge is 2.24. The van der Waals surface area contributed by atoms with Gasteiger partial charge in [0, 0.05) is 45.0 Å². The van der Waals surface area contributed by atoms with Crippen molar-refractivity contribution in [3.8, 4) is 0 Å². The molecule has 2 heterocycles. The van der Waals surface area contributed by atoms with Gasteiger partial charge in [0.15, 0.2) is 5.96 Å². The fourth-order valence-corrected chi connectivity index (χ4v) is 4.59. The van der Waals surface area contributed by atoms with Crippen LogP contribution in [0.1, 0.15) is 36.1 Å². The summed E-state index contributed by atoms with van der Waals surface area (Å²) in [6, 6.07) is 15.5. The SMILES string of the molecule is Cc1cccc(N2CCC(NC(=NCC(=O)N(C)C)NC3CCc4ccccc4C3)CC2)n1.I. The average Bonchev–Trinajstić information content (AvgIpc) is 2.82. The van der Waals surface area contributed by atoms with Crippen LogP contribution >= 0.6 is 24.0 Å². The minimum Gasteiger partial charge on any atom is -0.356 e. The predicted octanol–water partition coefficient (Wildman–Crippen LogP) is 3.16. The summed E-state index contributed by atoms with van der Waals surface area (Å²) in [5.41, 5.74) is 3.90. The molecule has 1 aromatic heterocycles. The van der Waals surface area contributed by atoms with Gasteiger partial charge in [-0.3, -0.25) is 4.79 Å². The Balaban J connectivity index is 0.00000324. The molecule has 1 atom stereocenters. The quantitative estimate of drug-likeness (QED) is 0.325. The number of nitrogens with zero attached hydrogens (tertiary/aromatic N) is 4. The molecule has 0 bridgehead atoms. The van der Waals surface area contributed by atoms with Crippen LogP contribution < -0.4 is 15.5 Å². The van der Waals surface area contributed by atoms with E-state index >= 15 is 0 Å². The highest BCUT2D eigenvalue weighted by atomic mass is 127. The number of fused-ring (bicyclic) bond motifs is 1. The van der Waals surface area contributed by atoms with Crippen molar-refractivity contribution in [2.45, 2.75) is 51.1 Å². The number of aliphatic imine (C=N–C) groups is 1. The van der Waals surface area contributed by atoms with E-state index in [0.29, 0.717) is 12.1 Å². The molecule has 34 heavy (non-hydrogen) atoms. The largest absolute Gasteiger partial charge is 0.356 e. The molecule has 1 fully saturated rings. The molecule has 0 radical (unpaired) electrons. The number of hydrogen-bond donors (Lipinski definition) is 2. The second-order valence-electron chi connectivity index (χ2n) is 9.35. The van der Waals surface area contributed by atoms with Gasteiger partial charge in [0.1, 0.15) is 12.4 Å². The van der Waals surface area contributed by atoms with Crippen molar-refractivity contribution in [1.29, 1.82) is 0 Å². The maximum absolute atomic E-state index is 12.2. The van der Waals surface area contributed by atoms with Gasteiger partial charge in [0.05, 0.1) is 0 Å². The first-order valence-corrected chi connectivity index (χ1v) is 12.0. The Kier molecular flexibility index (Phi) is 9.55. The first-order chi connectivity index (χ1) is 16.0. The van der Waals surface area contributed by atoms with Crippen LogP contribution in [0.4, 0.5) is 5.82 Å². The van der Waals surface area contributed by atoms with Gasteiger partial charge in [0.25, 0.3) is 0 Å². The average molecular weight is 577 g/mol. The van der Waals surface area contributed by atoms with Crippen molar-refractivity contribution in [2.24, 2.45) is 4.99 Å². The molecular weight excluding hydrogens is 539 g/mol. The third-order valence-electron chi connectivity index (χ3n) is 6.59. The number of amides is 1. The summed E-state index contributed by atoms with van der Waals surface area (Å²) in [7, 11) is 3.54. The number of guanidine groups is 1. The molecule has 1 amide bonds. The van der Waals surface area contributed by atoms with Gasteiger partial charge in [-0.1, -0.05) is 30.3 Å². The normalized spacial score (nSPS) is 18.5. The summed E-state index contributed by atoms with van der Waals surface area (Å²) in [4.78, 5) is 25.4. The molecule has 7 nitrogen and oxygen atoms in total. The first kappa shape index (κ1) is 26.2. The van der Waals surface area contributed by atoms with E-state index in [1.165, 1.54) is 11.1 Å². The predicted molar refractivity (Wildman–Crippen MR) is 149 cm³/mol. The van der Waals surface area contributed by atoms with Crippen LogP contribution in [-0.2, 0) is 17.6 Å². The van der Waals surface area contributed by atoms with Crippen LogP contribution in [0.2, 0.25) is 0 Å². The van der Waals surface area contributed by atoms with E-state index in [0.717, 1.165) is 62.7 Å². The maximum Gasteiger partial charge on any atom is 0.243 e. The Labute approximate surface area is 220 Å². The number of hydrogen-bond acceptors (Lipinski definition) is 4. The fourth-order valence-electron chi connectivity index (χ4n) is 4.59. The zero-order chi connectivity index (χ0) is 23.2. The second kappa shape index (κ2) is 12.4. The van der Waals surface area contributed by atoms with Gasteiger partial charge < -0.3 is 20.4 Å². The van der Waals surface area contributed by atoms with Gasteiger partial charge in [-0.2, -0.15) is 0 Å². The van der Waals surface area contributed by atoms with E-state index in [9.17, 15) is 4.79 Å². The zero-order valence-electron chi connectivity index (χ0n) is 20.5. The van der Waals surface area contributed by atoms with Crippen LogP contribution in [0.25, 0.3) is 0 Å². The maximum atomic E-state index is 12.2. The molecule has 184 valence electrons. The van der Waals surface area contributed by atoms with E-state index in [2.05, 4.69) is 61.9 Å². The van der Waals surface area contributed by atoms with Gasteiger partial charge in [-0.25, -0.2) is 9.98 Å². The number of aryl methyl sites for hydroxylation is 2. The van der Waals surface area contributed by atoms with Crippen molar-refractivity contribution in [1.82, 2.24) is 20.5 Å². The number of halogens is 1. The summed E-state index contributed by atoms with van der Waals surface area (Å²) in [5, 5.41) is 7.26. The van der Waals surface area contributed by atoms with E-state index in [1.807, 2.05) is 13.0 Å². The molecule has 2 aliphatic rings. The zero-order valence-corrected chi connectivity index (χ0v) is 22.8.